The fourth-order valence-corrected chi connectivity index (χ4v) is 4.37. The molecule has 0 saturated carbocycles. The highest BCUT2D eigenvalue weighted by Crippen LogP contribution is 2.27. The maximum Gasteiger partial charge on any atom is 0.356 e. The summed E-state index contributed by atoms with van der Waals surface area (Å²) in [5.74, 6) is -0.430. The summed E-state index contributed by atoms with van der Waals surface area (Å²) in [5.41, 5.74) is 1.38. The summed E-state index contributed by atoms with van der Waals surface area (Å²) >= 11 is 7.08. The molecule has 1 N–H and O–H groups in total. The molecule has 0 bridgehead atoms. The number of aromatic nitrogens is 1. The van der Waals surface area contributed by atoms with Crippen LogP contribution in [0.3, 0.4) is 0 Å². The van der Waals surface area contributed by atoms with E-state index in [0.29, 0.717) is 28.6 Å². The van der Waals surface area contributed by atoms with Crippen LogP contribution >= 0.6 is 22.9 Å². The van der Waals surface area contributed by atoms with Gasteiger partial charge in [-0.2, -0.15) is 0 Å². The van der Waals surface area contributed by atoms with E-state index in [2.05, 4.69) is 4.98 Å². The molecule has 0 aliphatic carbocycles. The number of carboxylic acids is 1. The van der Waals surface area contributed by atoms with Crippen molar-refractivity contribution in [3.05, 3.63) is 74.7 Å². The molecule has 9 heteroatoms. The highest BCUT2D eigenvalue weighted by Gasteiger charge is 2.22. The van der Waals surface area contributed by atoms with Crippen LogP contribution in [0.4, 0.5) is 0 Å². The first-order chi connectivity index (χ1) is 15.4. The van der Waals surface area contributed by atoms with E-state index in [-0.39, 0.29) is 22.5 Å². The average Bonchev–Trinajstić information content (AvgIpc) is 3.18. The van der Waals surface area contributed by atoms with Crippen LogP contribution in [-0.4, -0.2) is 47.6 Å². The lowest BCUT2D eigenvalue weighted by Crippen LogP contribution is -2.32. The van der Waals surface area contributed by atoms with E-state index >= 15 is 0 Å². The third-order valence-corrected chi connectivity index (χ3v) is 6.02. The normalized spacial score (nSPS) is 10.6. The Morgan fingerprint density at radius 2 is 1.75 bits per heavy atom. The number of hydrogen-bond acceptors (Lipinski definition) is 6. The number of aryl methyl sites for hydroxylation is 1. The standard InChI is InChI=1S/C23H23ClN2O5S/c1-30-17-11-16(12-18(13-17)31-2)22(27)26(10-6-9-15-7-4-3-5-8-15)14-19-25-20(23(28)29)21(24)32-19/h3-5,7-8,11-13H,6,9-10,14H2,1-2H3,(H,28,29). The molecule has 2 aromatic carbocycles. The average molecular weight is 475 g/mol. The number of rotatable bonds is 10. The molecule has 0 saturated heterocycles. The molecular formula is C23H23ClN2O5S. The highest BCUT2D eigenvalue weighted by atomic mass is 35.5. The van der Waals surface area contributed by atoms with Crippen LogP contribution in [0, 0.1) is 0 Å². The highest BCUT2D eigenvalue weighted by molar-refractivity contribution is 7.16. The van der Waals surface area contributed by atoms with E-state index in [4.69, 9.17) is 21.1 Å². The molecule has 1 aromatic heterocycles. The Hall–Kier alpha value is -3.10. The van der Waals surface area contributed by atoms with Gasteiger partial charge in [-0.25, -0.2) is 9.78 Å². The SMILES string of the molecule is COc1cc(OC)cc(C(=O)N(CCCc2ccccc2)Cc2nc(C(=O)O)c(Cl)s2)c1. The van der Waals surface area contributed by atoms with E-state index in [9.17, 15) is 14.7 Å². The molecule has 7 nitrogen and oxygen atoms in total. The number of ether oxygens (including phenoxy) is 2. The summed E-state index contributed by atoms with van der Waals surface area (Å²) in [6.45, 7) is 0.595. The number of carbonyl (C=O) groups excluding carboxylic acids is 1. The van der Waals surface area contributed by atoms with Gasteiger partial charge in [-0.05, 0) is 30.5 Å². The third kappa shape index (κ3) is 5.99. The molecule has 0 radical (unpaired) electrons. The lowest BCUT2D eigenvalue weighted by molar-refractivity contribution is 0.0691. The minimum Gasteiger partial charge on any atom is -0.497 e. The van der Waals surface area contributed by atoms with Crippen molar-refractivity contribution in [2.45, 2.75) is 19.4 Å². The van der Waals surface area contributed by atoms with E-state index in [1.165, 1.54) is 19.8 Å². The Morgan fingerprint density at radius 1 is 1.09 bits per heavy atom. The van der Waals surface area contributed by atoms with Crippen molar-refractivity contribution in [1.82, 2.24) is 9.88 Å². The fourth-order valence-electron chi connectivity index (χ4n) is 3.19. The molecule has 32 heavy (non-hydrogen) atoms. The van der Waals surface area contributed by atoms with Crippen LogP contribution in [0.2, 0.25) is 4.34 Å². The van der Waals surface area contributed by atoms with Crippen molar-refractivity contribution in [3.63, 3.8) is 0 Å². The zero-order valence-electron chi connectivity index (χ0n) is 17.7. The van der Waals surface area contributed by atoms with Crippen LogP contribution in [0.15, 0.2) is 48.5 Å². The number of methoxy groups -OCH3 is 2. The van der Waals surface area contributed by atoms with Crippen molar-refractivity contribution in [1.29, 1.82) is 0 Å². The zero-order valence-corrected chi connectivity index (χ0v) is 19.3. The minimum absolute atomic E-state index is 0.0900. The summed E-state index contributed by atoms with van der Waals surface area (Å²) in [7, 11) is 3.04. The largest absolute Gasteiger partial charge is 0.497 e. The number of aromatic carboxylic acids is 1. The van der Waals surface area contributed by atoms with Gasteiger partial charge in [-0.15, -0.1) is 11.3 Å². The smallest absolute Gasteiger partial charge is 0.356 e. The Bertz CT molecular complexity index is 1060. The van der Waals surface area contributed by atoms with Crippen LogP contribution in [0.25, 0.3) is 0 Å². The van der Waals surface area contributed by atoms with Gasteiger partial charge in [0.05, 0.1) is 20.8 Å². The lowest BCUT2D eigenvalue weighted by atomic mass is 10.1. The molecule has 0 atom stereocenters. The van der Waals surface area contributed by atoms with Gasteiger partial charge < -0.3 is 19.5 Å². The number of thiazole rings is 1. The predicted molar refractivity (Wildman–Crippen MR) is 123 cm³/mol. The summed E-state index contributed by atoms with van der Waals surface area (Å²) in [4.78, 5) is 30.4. The van der Waals surface area contributed by atoms with Gasteiger partial charge in [0.2, 0.25) is 0 Å². The van der Waals surface area contributed by atoms with Gasteiger partial charge in [0.1, 0.15) is 20.8 Å². The molecule has 0 spiro atoms. The molecular weight excluding hydrogens is 452 g/mol. The topological polar surface area (TPSA) is 89.0 Å². The van der Waals surface area contributed by atoms with Gasteiger partial charge in [0, 0.05) is 18.2 Å². The minimum atomic E-state index is -1.20. The molecule has 168 valence electrons. The van der Waals surface area contributed by atoms with Crippen molar-refractivity contribution in [2.24, 2.45) is 0 Å². The molecule has 3 rings (SSSR count). The first kappa shape index (κ1) is 23.6. The number of amides is 1. The number of hydrogen-bond donors (Lipinski definition) is 1. The van der Waals surface area contributed by atoms with E-state index in [1.807, 2.05) is 30.3 Å². The van der Waals surface area contributed by atoms with Crippen LogP contribution in [0.5, 0.6) is 11.5 Å². The van der Waals surface area contributed by atoms with E-state index in [1.54, 1.807) is 23.1 Å². The Labute approximate surface area is 195 Å². The first-order valence-corrected chi connectivity index (χ1v) is 11.1. The van der Waals surface area contributed by atoms with Gasteiger partial charge in [-0.3, -0.25) is 4.79 Å². The van der Waals surface area contributed by atoms with Gasteiger partial charge in [0.25, 0.3) is 5.91 Å². The Balaban J connectivity index is 1.84. The predicted octanol–water partition coefficient (Wildman–Crippen LogP) is 4.79. The van der Waals surface area contributed by atoms with Crippen molar-refractivity contribution in [2.75, 3.05) is 20.8 Å². The number of halogens is 1. The van der Waals surface area contributed by atoms with Crippen LogP contribution in [0.1, 0.15) is 37.8 Å². The van der Waals surface area contributed by atoms with E-state index in [0.717, 1.165) is 24.2 Å². The molecule has 0 fully saturated rings. The summed E-state index contributed by atoms with van der Waals surface area (Å²) in [6.07, 6.45) is 1.52. The molecule has 0 aliphatic rings. The van der Waals surface area contributed by atoms with Crippen LogP contribution < -0.4 is 9.47 Å². The number of carboxylic acid groups (broad SMARTS) is 1. The van der Waals surface area contributed by atoms with Crippen molar-refractivity contribution in [3.8, 4) is 11.5 Å². The molecule has 1 heterocycles. The quantitative estimate of drug-likeness (QED) is 0.454. The molecule has 0 unspecified atom stereocenters. The third-order valence-electron chi connectivity index (χ3n) is 4.78. The molecule has 1 amide bonds. The second kappa shape index (κ2) is 11.0. The maximum absolute atomic E-state index is 13.4. The Kier molecular flexibility index (Phi) is 8.08. The lowest BCUT2D eigenvalue weighted by Gasteiger charge is -2.22. The molecule has 3 aromatic rings. The summed E-state index contributed by atoms with van der Waals surface area (Å²) in [6, 6.07) is 15.0. The van der Waals surface area contributed by atoms with Crippen molar-refractivity contribution < 1.29 is 24.2 Å². The van der Waals surface area contributed by atoms with Gasteiger partial charge >= 0.3 is 5.97 Å². The number of benzene rings is 2. The number of nitrogens with zero attached hydrogens (tertiary/aromatic N) is 2. The summed E-state index contributed by atoms with van der Waals surface area (Å²) in [5, 5.41) is 9.69. The fraction of sp³-hybridized carbons (Fsp3) is 0.261. The second-order valence-electron chi connectivity index (χ2n) is 6.95. The second-order valence-corrected chi connectivity index (χ2v) is 8.64. The Morgan fingerprint density at radius 3 is 2.31 bits per heavy atom. The monoisotopic (exact) mass is 474 g/mol. The van der Waals surface area contributed by atoms with E-state index < -0.39 is 5.97 Å². The van der Waals surface area contributed by atoms with Crippen LogP contribution in [-0.2, 0) is 13.0 Å². The summed E-state index contributed by atoms with van der Waals surface area (Å²) < 4.78 is 10.7. The maximum atomic E-state index is 13.4. The zero-order chi connectivity index (χ0) is 23.1. The van der Waals surface area contributed by atoms with Gasteiger partial charge in [-0.1, -0.05) is 41.9 Å². The van der Waals surface area contributed by atoms with Gasteiger partial charge in [0.15, 0.2) is 5.69 Å². The number of carbonyl (C=O) groups is 2. The van der Waals surface area contributed by atoms with Crippen molar-refractivity contribution >= 4 is 34.8 Å². The first-order valence-electron chi connectivity index (χ1n) is 9.86. The molecule has 0 aliphatic heterocycles.